The van der Waals surface area contributed by atoms with Crippen molar-refractivity contribution in [3.63, 3.8) is 0 Å². The summed E-state index contributed by atoms with van der Waals surface area (Å²) in [5.41, 5.74) is 0.967. The van der Waals surface area contributed by atoms with Gasteiger partial charge in [-0.1, -0.05) is 25.6 Å². The van der Waals surface area contributed by atoms with E-state index in [1.165, 1.54) is 24.6 Å². The van der Waals surface area contributed by atoms with Crippen molar-refractivity contribution in [2.75, 3.05) is 5.75 Å². The molecule has 0 amide bonds. The molecule has 1 saturated carbocycles. The second-order valence-corrected chi connectivity index (χ2v) is 6.18. The molecule has 0 spiro atoms. The van der Waals surface area contributed by atoms with E-state index in [1.807, 2.05) is 6.92 Å². The maximum atomic E-state index is 10.7. The Labute approximate surface area is 112 Å². The molecule has 1 heterocycles. The third kappa shape index (κ3) is 2.71. The SMILES string of the molecule is Cc1cn(C2CCC(C)C2C)c(SCC(=O)O)n1. The fraction of sp³-hybridized carbons (Fsp3) is 0.692. The van der Waals surface area contributed by atoms with Gasteiger partial charge in [0, 0.05) is 12.2 Å². The molecule has 1 aliphatic carbocycles. The van der Waals surface area contributed by atoms with Gasteiger partial charge >= 0.3 is 5.97 Å². The number of aromatic nitrogens is 2. The van der Waals surface area contributed by atoms with E-state index >= 15 is 0 Å². The van der Waals surface area contributed by atoms with Gasteiger partial charge in [-0.15, -0.1) is 0 Å². The second-order valence-electron chi connectivity index (χ2n) is 5.24. The zero-order valence-corrected chi connectivity index (χ0v) is 11.9. The van der Waals surface area contributed by atoms with Gasteiger partial charge in [-0.05, 0) is 31.6 Å². The van der Waals surface area contributed by atoms with Crippen LogP contribution in [0.1, 0.15) is 38.4 Å². The van der Waals surface area contributed by atoms with Crippen molar-refractivity contribution in [2.24, 2.45) is 11.8 Å². The molecular weight excluding hydrogens is 248 g/mol. The third-order valence-corrected chi connectivity index (χ3v) is 4.87. The van der Waals surface area contributed by atoms with Crippen LogP contribution in [0, 0.1) is 18.8 Å². The van der Waals surface area contributed by atoms with Gasteiger partial charge in [-0.3, -0.25) is 4.79 Å². The average molecular weight is 268 g/mol. The van der Waals surface area contributed by atoms with Crippen LogP contribution in [0.15, 0.2) is 11.4 Å². The Bertz CT molecular complexity index is 444. The van der Waals surface area contributed by atoms with Crippen LogP contribution in [0.3, 0.4) is 0 Å². The Balaban J connectivity index is 2.19. The van der Waals surface area contributed by atoms with Crippen LogP contribution in [0.4, 0.5) is 0 Å². The normalized spacial score (nSPS) is 27.6. The number of nitrogens with zero attached hydrogens (tertiary/aromatic N) is 2. The Hall–Kier alpha value is -0.970. The van der Waals surface area contributed by atoms with Gasteiger partial charge in [0.15, 0.2) is 5.16 Å². The summed E-state index contributed by atoms with van der Waals surface area (Å²) in [5, 5.41) is 9.62. The van der Waals surface area contributed by atoms with Crippen LogP contribution in [-0.4, -0.2) is 26.4 Å². The molecule has 0 aliphatic heterocycles. The fourth-order valence-corrected chi connectivity index (χ4v) is 3.49. The molecule has 3 unspecified atom stereocenters. The number of hydrogen-bond donors (Lipinski definition) is 1. The molecule has 0 radical (unpaired) electrons. The summed E-state index contributed by atoms with van der Waals surface area (Å²) in [6.45, 7) is 6.53. The number of aryl methyl sites for hydroxylation is 1. The topological polar surface area (TPSA) is 55.1 Å². The van der Waals surface area contributed by atoms with Gasteiger partial charge < -0.3 is 9.67 Å². The molecular formula is C13H20N2O2S. The van der Waals surface area contributed by atoms with Crippen LogP contribution in [-0.2, 0) is 4.79 Å². The highest BCUT2D eigenvalue weighted by Gasteiger charge is 2.32. The highest BCUT2D eigenvalue weighted by Crippen LogP contribution is 2.41. The van der Waals surface area contributed by atoms with Crippen molar-refractivity contribution in [3.8, 4) is 0 Å². The highest BCUT2D eigenvalue weighted by molar-refractivity contribution is 7.99. The number of rotatable bonds is 4. The molecule has 1 aliphatic rings. The predicted molar refractivity (Wildman–Crippen MR) is 71.9 cm³/mol. The summed E-state index contributed by atoms with van der Waals surface area (Å²) >= 11 is 1.32. The zero-order chi connectivity index (χ0) is 13.3. The monoisotopic (exact) mass is 268 g/mol. The first-order valence-electron chi connectivity index (χ1n) is 6.39. The largest absolute Gasteiger partial charge is 0.481 e. The Kier molecular flexibility index (Phi) is 4.00. The number of thioether (sulfide) groups is 1. The van der Waals surface area contributed by atoms with E-state index in [9.17, 15) is 4.79 Å². The molecule has 0 aromatic carbocycles. The summed E-state index contributed by atoms with van der Waals surface area (Å²) in [4.78, 5) is 15.1. The lowest BCUT2D eigenvalue weighted by Gasteiger charge is -2.21. The number of aliphatic carboxylic acids is 1. The summed E-state index contributed by atoms with van der Waals surface area (Å²) in [6, 6.07) is 0.470. The molecule has 3 atom stereocenters. The van der Waals surface area contributed by atoms with E-state index in [0.717, 1.165) is 16.8 Å². The first kappa shape index (κ1) is 13.5. The van der Waals surface area contributed by atoms with Gasteiger partial charge in [-0.2, -0.15) is 0 Å². The summed E-state index contributed by atoms with van der Waals surface area (Å²) in [5.74, 6) is 0.644. The molecule has 2 rings (SSSR count). The fourth-order valence-electron chi connectivity index (χ4n) is 2.70. The van der Waals surface area contributed by atoms with E-state index in [0.29, 0.717) is 12.0 Å². The molecule has 0 bridgehead atoms. The maximum Gasteiger partial charge on any atom is 0.313 e. The first-order valence-corrected chi connectivity index (χ1v) is 7.37. The van der Waals surface area contributed by atoms with E-state index < -0.39 is 5.97 Å². The smallest absolute Gasteiger partial charge is 0.313 e. The van der Waals surface area contributed by atoms with Crippen molar-refractivity contribution < 1.29 is 9.90 Å². The minimum absolute atomic E-state index is 0.0765. The molecule has 100 valence electrons. The van der Waals surface area contributed by atoms with Crippen LogP contribution in [0.5, 0.6) is 0 Å². The van der Waals surface area contributed by atoms with Gasteiger partial charge in [0.25, 0.3) is 0 Å². The standard InChI is InChI=1S/C13H20N2O2S/c1-8-4-5-11(10(8)3)15-6-9(2)14-13(15)18-7-12(16)17/h6,8,10-11H,4-5,7H2,1-3H3,(H,16,17). The van der Waals surface area contributed by atoms with Crippen molar-refractivity contribution >= 4 is 17.7 Å². The van der Waals surface area contributed by atoms with Crippen molar-refractivity contribution in [1.82, 2.24) is 9.55 Å². The van der Waals surface area contributed by atoms with Crippen molar-refractivity contribution in [3.05, 3.63) is 11.9 Å². The van der Waals surface area contributed by atoms with Gasteiger partial charge in [0.1, 0.15) is 0 Å². The lowest BCUT2D eigenvalue weighted by molar-refractivity contribution is -0.133. The molecule has 1 fully saturated rings. The summed E-state index contributed by atoms with van der Waals surface area (Å²) in [7, 11) is 0. The summed E-state index contributed by atoms with van der Waals surface area (Å²) < 4.78 is 2.19. The van der Waals surface area contributed by atoms with E-state index in [1.54, 1.807) is 0 Å². The van der Waals surface area contributed by atoms with Gasteiger partial charge in [-0.25, -0.2) is 4.98 Å². The Morgan fingerprint density at radius 1 is 1.56 bits per heavy atom. The lowest BCUT2D eigenvalue weighted by atomic mass is 9.98. The molecule has 1 N–H and O–H groups in total. The number of hydrogen-bond acceptors (Lipinski definition) is 3. The van der Waals surface area contributed by atoms with Crippen molar-refractivity contribution in [2.45, 2.75) is 44.8 Å². The average Bonchev–Trinajstić information content (AvgIpc) is 2.81. The lowest BCUT2D eigenvalue weighted by Crippen LogP contribution is -2.15. The van der Waals surface area contributed by atoms with Crippen LogP contribution >= 0.6 is 11.8 Å². The second kappa shape index (κ2) is 5.34. The van der Waals surface area contributed by atoms with Gasteiger partial charge in [0.05, 0.1) is 11.4 Å². The highest BCUT2D eigenvalue weighted by atomic mass is 32.2. The molecule has 5 heteroatoms. The molecule has 18 heavy (non-hydrogen) atoms. The van der Waals surface area contributed by atoms with Crippen LogP contribution in [0.2, 0.25) is 0 Å². The van der Waals surface area contributed by atoms with E-state index in [2.05, 4.69) is 29.6 Å². The van der Waals surface area contributed by atoms with Crippen LogP contribution < -0.4 is 0 Å². The molecule has 1 aromatic rings. The Morgan fingerprint density at radius 2 is 2.28 bits per heavy atom. The van der Waals surface area contributed by atoms with E-state index in [-0.39, 0.29) is 5.75 Å². The van der Waals surface area contributed by atoms with Crippen LogP contribution in [0.25, 0.3) is 0 Å². The number of carboxylic acids is 1. The number of carbonyl (C=O) groups is 1. The minimum Gasteiger partial charge on any atom is -0.481 e. The van der Waals surface area contributed by atoms with Gasteiger partial charge in [0.2, 0.25) is 0 Å². The summed E-state index contributed by atoms with van der Waals surface area (Å²) in [6.07, 6.45) is 4.47. The number of carboxylic acid groups (broad SMARTS) is 1. The molecule has 4 nitrogen and oxygen atoms in total. The molecule has 0 saturated heterocycles. The van der Waals surface area contributed by atoms with Crippen molar-refractivity contribution in [1.29, 1.82) is 0 Å². The quantitative estimate of drug-likeness (QED) is 0.853. The van der Waals surface area contributed by atoms with E-state index in [4.69, 9.17) is 5.11 Å². The zero-order valence-electron chi connectivity index (χ0n) is 11.1. The molecule has 1 aromatic heterocycles. The Morgan fingerprint density at radius 3 is 2.83 bits per heavy atom. The third-order valence-electron chi connectivity index (χ3n) is 3.92. The first-order chi connectivity index (χ1) is 8.49. The predicted octanol–water partition coefficient (Wildman–Crippen LogP) is 2.98. The number of imidazole rings is 1. The maximum absolute atomic E-state index is 10.7. The minimum atomic E-state index is -0.792.